The molecule has 0 aliphatic heterocycles. The zero-order chi connectivity index (χ0) is 12.5. The fraction of sp³-hybridized carbons (Fsp3) is 0.188. The molecule has 1 nitrogen and oxygen atoms in total. The molecule has 90 valence electrons. The minimum absolute atomic E-state index is 0.154. The van der Waals surface area contributed by atoms with Crippen LogP contribution in [0.3, 0.4) is 0 Å². The van der Waals surface area contributed by atoms with Crippen LogP contribution in [0.25, 0.3) is 0 Å². The number of halogens is 1. The molecule has 0 heterocycles. The zero-order valence-corrected chi connectivity index (χ0v) is 10.7. The second-order valence-electron chi connectivity index (χ2n) is 4.67. The van der Waals surface area contributed by atoms with Gasteiger partial charge in [0.2, 0.25) is 0 Å². The summed E-state index contributed by atoms with van der Waals surface area (Å²) in [5, 5.41) is 0.740. The zero-order valence-electron chi connectivity index (χ0n) is 9.90. The summed E-state index contributed by atoms with van der Waals surface area (Å²) in [5.74, 6) is 0.154. The summed E-state index contributed by atoms with van der Waals surface area (Å²) in [4.78, 5) is 10.9. The molecule has 18 heavy (non-hydrogen) atoms. The molecule has 2 heteroatoms. The van der Waals surface area contributed by atoms with Gasteiger partial charge in [0.1, 0.15) is 6.29 Å². The summed E-state index contributed by atoms with van der Waals surface area (Å²) in [6.07, 6.45) is 2.44. The van der Waals surface area contributed by atoms with Crippen molar-refractivity contribution in [1.29, 1.82) is 0 Å². The summed E-state index contributed by atoms with van der Waals surface area (Å²) in [7, 11) is 0. The number of fused-ring (bicyclic) bond motifs is 2. The Morgan fingerprint density at radius 3 is 2.72 bits per heavy atom. The minimum atomic E-state index is 0.154. The van der Waals surface area contributed by atoms with Gasteiger partial charge in [-0.1, -0.05) is 41.9 Å². The van der Waals surface area contributed by atoms with E-state index in [9.17, 15) is 4.79 Å². The van der Waals surface area contributed by atoms with Gasteiger partial charge in [-0.15, -0.1) is 0 Å². The minimum Gasteiger partial charge on any atom is -0.303 e. The second-order valence-corrected chi connectivity index (χ2v) is 5.11. The van der Waals surface area contributed by atoms with Crippen LogP contribution in [0.4, 0.5) is 0 Å². The van der Waals surface area contributed by atoms with E-state index in [1.807, 2.05) is 18.2 Å². The van der Waals surface area contributed by atoms with E-state index in [1.54, 1.807) is 0 Å². The maximum atomic E-state index is 10.9. The lowest BCUT2D eigenvalue weighted by Gasteiger charge is -2.27. The van der Waals surface area contributed by atoms with Gasteiger partial charge in [-0.05, 0) is 40.8 Å². The SMILES string of the molecule is O=CCC1c2ccccc2Cc2ccc(Cl)cc21. The number of carbonyl (C=O) groups is 1. The molecule has 0 amide bonds. The first-order valence-corrected chi connectivity index (χ1v) is 6.47. The van der Waals surface area contributed by atoms with Crippen molar-refractivity contribution in [2.24, 2.45) is 0 Å². The van der Waals surface area contributed by atoms with Gasteiger partial charge in [0.05, 0.1) is 0 Å². The fourth-order valence-electron chi connectivity index (χ4n) is 2.81. The Morgan fingerprint density at radius 1 is 1.11 bits per heavy atom. The molecule has 0 bridgehead atoms. The van der Waals surface area contributed by atoms with Crippen LogP contribution in [0, 0.1) is 0 Å². The fourth-order valence-corrected chi connectivity index (χ4v) is 2.99. The van der Waals surface area contributed by atoms with Crippen molar-refractivity contribution in [1.82, 2.24) is 0 Å². The normalized spacial score (nSPS) is 16.8. The van der Waals surface area contributed by atoms with E-state index in [0.29, 0.717) is 6.42 Å². The third-order valence-corrected chi connectivity index (χ3v) is 3.86. The lowest BCUT2D eigenvalue weighted by atomic mass is 9.77. The lowest BCUT2D eigenvalue weighted by Crippen LogP contribution is -2.14. The Kier molecular flexibility index (Phi) is 2.92. The first-order valence-electron chi connectivity index (χ1n) is 6.09. The van der Waals surface area contributed by atoms with Crippen LogP contribution in [0.15, 0.2) is 42.5 Å². The molecule has 0 N–H and O–H groups in total. The van der Waals surface area contributed by atoms with Crippen LogP contribution in [0.1, 0.15) is 34.6 Å². The van der Waals surface area contributed by atoms with Crippen molar-refractivity contribution in [2.45, 2.75) is 18.8 Å². The molecule has 0 radical (unpaired) electrons. The van der Waals surface area contributed by atoms with Gasteiger partial charge >= 0.3 is 0 Å². The Hall–Kier alpha value is -1.60. The first-order chi connectivity index (χ1) is 8.79. The average molecular weight is 257 g/mol. The molecule has 2 aromatic carbocycles. The standard InChI is InChI=1S/C16H13ClO/c17-13-6-5-12-9-11-3-1-2-4-14(11)15(7-8-18)16(12)10-13/h1-6,8,10,15H,7,9H2. The highest BCUT2D eigenvalue weighted by molar-refractivity contribution is 6.30. The van der Waals surface area contributed by atoms with Gasteiger partial charge < -0.3 is 4.79 Å². The van der Waals surface area contributed by atoms with E-state index < -0.39 is 0 Å². The highest BCUT2D eigenvalue weighted by Crippen LogP contribution is 2.39. The summed E-state index contributed by atoms with van der Waals surface area (Å²) >= 11 is 6.08. The topological polar surface area (TPSA) is 17.1 Å². The van der Waals surface area contributed by atoms with Crippen molar-refractivity contribution in [3.05, 3.63) is 69.7 Å². The molecular weight excluding hydrogens is 244 g/mol. The largest absolute Gasteiger partial charge is 0.303 e. The number of carbonyl (C=O) groups excluding carboxylic acids is 1. The molecule has 0 aromatic heterocycles. The average Bonchev–Trinajstić information content (AvgIpc) is 2.39. The predicted molar refractivity (Wildman–Crippen MR) is 73.2 cm³/mol. The van der Waals surface area contributed by atoms with Crippen LogP contribution >= 0.6 is 11.6 Å². The third kappa shape index (κ3) is 1.85. The smallest absolute Gasteiger partial charge is 0.120 e. The lowest BCUT2D eigenvalue weighted by molar-refractivity contribution is -0.108. The summed E-state index contributed by atoms with van der Waals surface area (Å²) < 4.78 is 0. The predicted octanol–water partition coefficient (Wildman–Crippen LogP) is 3.97. The van der Waals surface area contributed by atoms with Gasteiger partial charge in [-0.3, -0.25) is 0 Å². The van der Waals surface area contributed by atoms with E-state index in [-0.39, 0.29) is 5.92 Å². The van der Waals surface area contributed by atoms with Crippen LogP contribution in [0.2, 0.25) is 5.02 Å². The molecule has 1 aliphatic rings. The molecule has 3 rings (SSSR count). The molecule has 0 spiro atoms. The maximum absolute atomic E-state index is 10.9. The van der Waals surface area contributed by atoms with E-state index >= 15 is 0 Å². The van der Waals surface area contributed by atoms with Crippen LogP contribution in [-0.4, -0.2) is 6.29 Å². The highest BCUT2D eigenvalue weighted by atomic mass is 35.5. The first kappa shape index (κ1) is 11.5. The molecule has 1 aliphatic carbocycles. The van der Waals surface area contributed by atoms with E-state index in [1.165, 1.54) is 22.3 Å². The van der Waals surface area contributed by atoms with Gasteiger partial charge in [0, 0.05) is 17.4 Å². The second kappa shape index (κ2) is 4.58. The van der Waals surface area contributed by atoms with Crippen molar-refractivity contribution in [2.75, 3.05) is 0 Å². The Morgan fingerprint density at radius 2 is 1.89 bits per heavy atom. The highest BCUT2D eigenvalue weighted by Gasteiger charge is 2.24. The maximum Gasteiger partial charge on any atom is 0.120 e. The van der Waals surface area contributed by atoms with Crippen molar-refractivity contribution in [3.8, 4) is 0 Å². The van der Waals surface area contributed by atoms with E-state index in [2.05, 4.69) is 24.3 Å². The van der Waals surface area contributed by atoms with Gasteiger partial charge in [-0.2, -0.15) is 0 Å². The Bertz CT molecular complexity index is 604. The number of rotatable bonds is 2. The number of hydrogen-bond acceptors (Lipinski definition) is 1. The van der Waals surface area contributed by atoms with Gasteiger partial charge in [0.15, 0.2) is 0 Å². The Labute approximate surface area is 111 Å². The Balaban J connectivity index is 2.17. The van der Waals surface area contributed by atoms with Crippen molar-refractivity contribution in [3.63, 3.8) is 0 Å². The molecule has 2 aromatic rings. The van der Waals surface area contributed by atoms with Crippen LogP contribution in [0.5, 0.6) is 0 Å². The van der Waals surface area contributed by atoms with Crippen molar-refractivity contribution >= 4 is 17.9 Å². The van der Waals surface area contributed by atoms with Crippen molar-refractivity contribution < 1.29 is 4.79 Å². The molecule has 0 fully saturated rings. The van der Waals surface area contributed by atoms with Crippen LogP contribution < -0.4 is 0 Å². The number of hydrogen-bond donors (Lipinski definition) is 0. The quantitative estimate of drug-likeness (QED) is 0.743. The monoisotopic (exact) mass is 256 g/mol. The summed E-state index contributed by atoms with van der Waals surface area (Å²) in [6.45, 7) is 0. The number of aldehydes is 1. The molecular formula is C16H13ClO. The van der Waals surface area contributed by atoms with E-state index in [4.69, 9.17) is 11.6 Å². The van der Waals surface area contributed by atoms with E-state index in [0.717, 1.165) is 17.7 Å². The third-order valence-electron chi connectivity index (χ3n) is 3.63. The molecule has 1 atom stereocenters. The summed E-state index contributed by atoms with van der Waals surface area (Å²) in [6, 6.07) is 14.3. The van der Waals surface area contributed by atoms with Gasteiger partial charge in [0.25, 0.3) is 0 Å². The van der Waals surface area contributed by atoms with Gasteiger partial charge in [-0.25, -0.2) is 0 Å². The molecule has 0 saturated heterocycles. The number of benzene rings is 2. The van der Waals surface area contributed by atoms with Crippen LogP contribution in [-0.2, 0) is 11.2 Å². The molecule has 1 unspecified atom stereocenters. The molecule has 0 saturated carbocycles. The summed E-state index contributed by atoms with van der Waals surface area (Å²) in [5.41, 5.74) is 5.07.